The fourth-order valence-corrected chi connectivity index (χ4v) is 2.08. The number of ether oxygens (including phenoxy) is 1. The van der Waals surface area contributed by atoms with Gasteiger partial charge in [-0.15, -0.1) is 0 Å². The van der Waals surface area contributed by atoms with Crippen molar-refractivity contribution in [2.24, 2.45) is 5.92 Å². The molecule has 1 aliphatic rings. The van der Waals surface area contributed by atoms with Gasteiger partial charge in [0.05, 0.1) is 7.11 Å². The number of carbonyl (C=O) groups is 2. The van der Waals surface area contributed by atoms with Crippen molar-refractivity contribution in [3.8, 4) is 0 Å². The molecule has 2 atom stereocenters. The van der Waals surface area contributed by atoms with Gasteiger partial charge >= 0.3 is 6.09 Å². The minimum Gasteiger partial charge on any atom is -0.453 e. The van der Waals surface area contributed by atoms with Gasteiger partial charge in [0.25, 0.3) is 0 Å². The monoisotopic (exact) mass is 213 g/mol. The van der Waals surface area contributed by atoms with Crippen molar-refractivity contribution in [2.75, 3.05) is 7.11 Å². The highest BCUT2D eigenvalue weighted by Gasteiger charge is 2.30. The second-order valence-electron chi connectivity index (χ2n) is 4.06. The van der Waals surface area contributed by atoms with Gasteiger partial charge in [-0.2, -0.15) is 0 Å². The highest BCUT2D eigenvalue weighted by Crippen LogP contribution is 2.27. The van der Waals surface area contributed by atoms with Gasteiger partial charge in [-0.1, -0.05) is 6.92 Å². The minimum atomic E-state index is -0.399. The van der Waals surface area contributed by atoms with Crippen LogP contribution in [0.2, 0.25) is 0 Å². The van der Waals surface area contributed by atoms with Gasteiger partial charge in [0.15, 0.2) is 0 Å². The first-order valence-electron chi connectivity index (χ1n) is 5.54. The molecule has 0 spiro atoms. The Balaban J connectivity index is 2.32. The molecular formula is C11H19NO3. The third kappa shape index (κ3) is 3.53. The summed E-state index contributed by atoms with van der Waals surface area (Å²) in [5.41, 5.74) is 0. The quantitative estimate of drug-likeness (QED) is 0.775. The summed E-state index contributed by atoms with van der Waals surface area (Å²) in [5, 5.41) is 2.74. The molecule has 1 aliphatic carbocycles. The summed E-state index contributed by atoms with van der Waals surface area (Å²) in [6.07, 6.45) is 3.72. The van der Waals surface area contributed by atoms with E-state index in [1.807, 2.05) is 6.92 Å². The van der Waals surface area contributed by atoms with Gasteiger partial charge in [-0.05, 0) is 25.7 Å². The molecule has 4 heteroatoms. The number of hydrogen-bond acceptors (Lipinski definition) is 3. The lowest BCUT2D eigenvalue weighted by Crippen LogP contribution is -2.33. The largest absolute Gasteiger partial charge is 0.453 e. The van der Waals surface area contributed by atoms with E-state index in [0.29, 0.717) is 12.2 Å². The number of hydrogen-bond donors (Lipinski definition) is 1. The molecule has 0 heterocycles. The van der Waals surface area contributed by atoms with Crippen LogP contribution in [0.4, 0.5) is 4.79 Å². The smallest absolute Gasteiger partial charge is 0.407 e. The average molecular weight is 213 g/mol. The summed E-state index contributed by atoms with van der Waals surface area (Å²) in [5.74, 6) is 0.485. The van der Waals surface area contributed by atoms with Gasteiger partial charge in [-0.3, -0.25) is 4.79 Å². The molecule has 0 saturated heterocycles. The molecule has 1 fully saturated rings. The molecule has 0 aromatic heterocycles. The van der Waals surface area contributed by atoms with Crippen molar-refractivity contribution in [1.82, 2.24) is 5.32 Å². The van der Waals surface area contributed by atoms with Crippen molar-refractivity contribution in [2.45, 2.75) is 45.1 Å². The lowest BCUT2D eigenvalue weighted by molar-refractivity contribution is -0.122. The molecule has 0 radical (unpaired) electrons. The predicted molar refractivity (Wildman–Crippen MR) is 56.6 cm³/mol. The van der Waals surface area contributed by atoms with E-state index < -0.39 is 6.09 Å². The molecule has 4 nitrogen and oxygen atoms in total. The molecule has 86 valence electrons. The number of carbonyl (C=O) groups excluding carboxylic acids is 2. The maximum absolute atomic E-state index is 11.6. The molecule has 0 aliphatic heterocycles. The Labute approximate surface area is 90.4 Å². The van der Waals surface area contributed by atoms with Gasteiger partial charge in [-0.25, -0.2) is 4.79 Å². The van der Waals surface area contributed by atoms with Crippen LogP contribution in [0.1, 0.15) is 39.0 Å². The lowest BCUT2D eigenvalue weighted by atomic mass is 9.99. The molecule has 1 saturated carbocycles. The molecular weight excluding hydrogens is 194 g/mol. The van der Waals surface area contributed by atoms with Crippen LogP contribution in [0.25, 0.3) is 0 Å². The van der Waals surface area contributed by atoms with Crippen LogP contribution in [-0.2, 0) is 9.53 Å². The van der Waals surface area contributed by atoms with E-state index >= 15 is 0 Å². The van der Waals surface area contributed by atoms with Crippen molar-refractivity contribution in [3.63, 3.8) is 0 Å². The first-order chi connectivity index (χ1) is 7.17. The van der Waals surface area contributed by atoms with E-state index in [1.165, 1.54) is 7.11 Å². The van der Waals surface area contributed by atoms with Crippen molar-refractivity contribution < 1.29 is 14.3 Å². The van der Waals surface area contributed by atoms with E-state index in [9.17, 15) is 9.59 Å². The van der Waals surface area contributed by atoms with Crippen LogP contribution in [-0.4, -0.2) is 25.0 Å². The Bertz CT molecular complexity index is 240. The summed E-state index contributed by atoms with van der Waals surface area (Å²) >= 11 is 0. The summed E-state index contributed by atoms with van der Waals surface area (Å²) in [4.78, 5) is 22.6. The zero-order chi connectivity index (χ0) is 11.3. The standard InChI is InChI=1S/C11H19NO3/c1-3-4-10(13)8-5-6-9(7-8)12-11(14)15-2/h8-9H,3-7H2,1-2H3,(H,12,14)/t8-,9+/m1/s1. The molecule has 0 aromatic rings. The fraction of sp³-hybridized carbons (Fsp3) is 0.818. The van der Waals surface area contributed by atoms with Crippen LogP contribution >= 0.6 is 0 Å². The van der Waals surface area contributed by atoms with Gasteiger partial charge in [0.2, 0.25) is 0 Å². The van der Waals surface area contributed by atoms with Crippen LogP contribution in [0, 0.1) is 5.92 Å². The first kappa shape index (κ1) is 12.0. The normalized spacial score (nSPS) is 24.9. The Hall–Kier alpha value is -1.06. The Morgan fingerprint density at radius 2 is 2.13 bits per heavy atom. The molecule has 0 bridgehead atoms. The lowest BCUT2D eigenvalue weighted by Gasteiger charge is -2.11. The van der Waals surface area contributed by atoms with E-state index in [-0.39, 0.29) is 12.0 Å². The average Bonchev–Trinajstić information content (AvgIpc) is 2.66. The van der Waals surface area contributed by atoms with E-state index in [0.717, 1.165) is 25.7 Å². The highest BCUT2D eigenvalue weighted by molar-refractivity contribution is 5.81. The number of amides is 1. The summed E-state index contributed by atoms with van der Waals surface area (Å²) in [6.45, 7) is 2.01. The predicted octanol–water partition coefficient (Wildman–Crippen LogP) is 1.88. The number of nitrogens with one attached hydrogen (secondary N) is 1. The molecule has 1 rings (SSSR count). The highest BCUT2D eigenvalue weighted by atomic mass is 16.5. The van der Waals surface area contributed by atoms with Crippen LogP contribution in [0.5, 0.6) is 0 Å². The first-order valence-corrected chi connectivity index (χ1v) is 5.54. The molecule has 1 N–H and O–H groups in total. The van der Waals surface area contributed by atoms with Crippen LogP contribution < -0.4 is 5.32 Å². The Morgan fingerprint density at radius 3 is 2.73 bits per heavy atom. The van der Waals surface area contributed by atoms with E-state index in [2.05, 4.69) is 10.1 Å². The molecule has 1 amide bonds. The summed E-state index contributed by atoms with van der Waals surface area (Å²) in [7, 11) is 1.35. The van der Waals surface area contributed by atoms with Gasteiger partial charge in [0, 0.05) is 18.4 Å². The SMILES string of the molecule is CCCC(=O)[C@@H]1CC[C@H](NC(=O)OC)C1. The van der Waals surface area contributed by atoms with Gasteiger partial charge in [0.1, 0.15) is 5.78 Å². The number of alkyl carbamates (subject to hydrolysis) is 1. The minimum absolute atomic E-state index is 0.114. The third-order valence-corrected chi connectivity index (χ3v) is 2.89. The zero-order valence-corrected chi connectivity index (χ0v) is 9.41. The molecule has 0 aromatic carbocycles. The summed E-state index contributed by atoms with van der Waals surface area (Å²) < 4.78 is 4.52. The Kier molecular flexibility index (Phi) is 4.59. The third-order valence-electron chi connectivity index (χ3n) is 2.89. The second-order valence-corrected chi connectivity index (χ2v) is 4.06. The number of ketones is 1. The molecule has 15 heavy (non-hydrogen) atoms. The van der Waals surface area contributed by atoms with Crippen molar-refractivity contribution in [1.29, 1.82) is 0 Å². The topological polar surface area (TPSA) is 55.4 Å². The van der Waals surface area contributed by atoms with E-state index in [1.54, 1.807) is 0 Å². The zero-order valence-electron chi connectivity index (χ0n) is 9.41. The fourth-order valence-electron chi connectivity index (χ4n) is 2.08. The number of Topliss-reactive ketones (excluding diaryl/α,β-unsaturated/α-hetero) is 1. The van der Waals surface area contributed by atoms with Crippen molar-refractivity contribution >= 4 is 11.9 Å². The number of rotatable bonds is 4. The molecule has 0 unspecified atom stereocenters. The van der Waals surface area contributed by atoms with Crippen LogP contribution in [0.3, 0.4) is 0 Å². The van der Waals surface area contributed by atoms with Crippen molar-refractivity contribution in [3.05, 3.63) is 0 Å². The van der Waals surface area contributed by atoms with Gasteiger partial charge < -0.3 is 10.1 Å². The number of methoxy groups -OCH3 is 1. The maximum Gasteiger partial charge on any atom is 0.407 e. The Morgan fingerprint density at radius 1 is 1.40 bits per heavy atom. The second kappa shape index (κ2) is 5.73. The maximum atomic E-state index is 11.6. The van der Waals surface area contributed by atoms with E-state index in [4.69, 9.17) is 0 Å². The van der Waals surface area contributed by atoms with Crippen LogP contribution in [0.15, 0.2) is 0 Å². The summed E-state index contributed by atoms with van der Waals surface area (Å²) in [6, 6.07) is 0.114.